The lowest BCUT2D eigenvalue weighted by molar-refractivity contribution is 0.0730. The van der Waals surface area contributed by atoms with Gasteiger partial charge in [0.15, 0.2) is 0 Å². The number of rotatable bonds is 10. The molecule has 10 nitrogen and oxygen atoms in total. The molecule has 0 unspecified atom stereocenters. The van der Waals surface area contributed by atoms with Crippen molar-refractivity contribution in [3.63, 3.8) is 0 Å². The molecule has 2 heterocycles. The number of hydrogen-bond acceptors (Lipinski definition) is 7. The van der Waals surface area contributed by atoms with E-state index in [2.05, 4.69) is 9.29 Å². The van der Waals surface area contributed by atoms with Crippen LogP contribution in [0.25, 0.3) is 10.9 Å². The van der Waals surface area contributed by atoms with Crippen molar-refractivity contribution in [2.24, 2.45) is 0 Å². The molecular weight excluding hydrogens is 638 g/mol. The fourth-order valence-corrected chi connectivity index (χ4v) is 8.23. The van der Waals surface area contributed by atoms with Gasteiger partial charge in [-0.3, -0.25) is 4.79 Å². The van der Waals surface area contributed by atoms with Crippen molar-refractivity contribution in [2.45, 2.75) is 50.5 Å². The van der Waals surface area contributed by atoms with Gasteiger partial charge in [0.2, 0.25) is 10.0 Å². The molecule has 0 radical (unpaired) electrons. The van der Waals surface area contributed by atoms with Crippen molar-refractivity contribution in [1.29, 1.82) is 0 Å². The molecular formula is C32H36ClN3O7S2. The number of carbonyl (C=O) groups excluding carboxylic acids is 1. The second-order valence-electron chi connectivity index (χ2n) is 11.1. The molecule has 3 aromatic carbocycles. The van der Waals surface area contributed by atoms with Crippen LogP contribution in [0, 0.1) is 27.7 Å². The smallest absolute Gasteiger partial charge is 0.265 e. The van der Waals surface area contributed by atoms with Gasteiger partial charge in [0.1, 0.15) is 5.75 Å². The Labute approximate surface area is 269 Å². The van der Waals surface area contributed by atoms with Crippen molar-refractivity contribution < 1.29 is 31.1 Å². The Hall–Kier alpha value is -3.42. The highest BCUT2D eigenvalue weighted by atomic mass is 35.5. The van der Waals surface area contributed by atoms with E-state index in [1.165, 1.54) is 22.5 Å². The highest BCUT2D eigenvalue weighted by molar-refractivity contribution is 7.90. The Morgan fingerprint density at radius 1 is 0.933 bits per heavy atom. The van der Waals surface area contributed by atoms with E-state index in [1.54, 1.807) is 12.1 Å². The van der Waals surface area contributed by atoms with Crippen LogP contribution in [0.1, 0.15) is 39.2 Å². The number of aromatic nitrogens is 1. The predicted octanol–water partition coefficient (Wildman–Crippen LogP) is 5.14. The van der Waals surface area contributed by atoms with Crippen LogP contribution in [0.15, 0.2) is 64.4 Å². The molecule has 1 N–H and O–H groups in total. The maximum atomic E-state index is 13.5. The Kier molecular flexibility index (Phi) is 9.62. The van der Waals surface area contributed by atoms with Crippen molar-refractivity contribution >= 4 is 48.5 Å². The van der Waals surface area contributed by atoms with Crippen LogP contribution in [0.5, 0.6) is 5.75 Å². The molecule has 0 atom stereocenters. The fourth-order valence-electron chi connectivity index (χ4n) is 5.58. The lowest BCUT2D eigenvalue weighted by atomic mass is 10.1. The van der Waals surface area contributed by atoms with Gasteiger partial charge in [-0.1, -0.05) is 23.7 Å². The summed E-state index contributed by atoms with van der Waals surface area (Å²) in [5.74, 6) is -0.0526. The summed E-state index contributed by atoms with van der Waals surface area (Å²) in [6.45, 7) is 9.69. The standard InChI is InChI=1S/C32H36ClN3O7S2/c1-21-18-25(19-22(2)31(21)33)43-15-7-12-36-24(4)23(3)30-28(10-6-11-29(30)36)32(37)34-44(38,39)26-8-5-9-27(20-26)45(40,41)35-13-16-42-17-14-35/h5-6,8-11,18-20H,7,12-17H2,1-4H3,(H,34,37). The third-order valence-electron chi connectivity index (χ3n) is 8.06. The number of morpholine rings is 1. The fraction of sp³-hybridized carbons (Fsp3) is 0.344. The lowest BCUT2D eigenvalue weighted by Crippen LogP contribution is -2.40. The molecule has 0 bridgehead atoms. The summed E-state index contributed by atoms with van der Waals surface area (Å²) in [5, 5.41) is 1.38. The predicted molar refractivity (Wildman–Crippen MR) is 173 cm³/mol. The zero-order valence-electron chi connectivity index (χ0n) is 25.6. The first-order valence-corrected chi connectivity index (χ1v) is 17.8. The largest absolute Gasteiger partial charge is 0.494 e. The number of nitrogens with zero attached hydrogens (tertiary/aromatic N) is 2. The number of nitrogens with one attached hydrogen (secondary N) is 1. The molecule has 0 spiro atoms. The molecule has 0 saturated carbocycles. The number of aryl methyl sites for hydroxylation is 4. The third kappa shape index (κ3) is 6.75. The minimum absolute atomic E-state index is 0.171. The minimum atomic E-state index is -4.40. The van der Waals surface area contributed by atoms with Crippen LogP contribution in [-0.4, -0.2) is 64.5 Å². The second kappa shape index (κ2) is 13.1. The molecule has 1 amide bonds. The van der Waals surface area contributed by atoms with E-state index in [0.717, 1.165) is 44.7 Å². The zero-order valence-corrected chi connectivity index (χ0v) is 28.0. The van der Waals surface area contributed by atoms with Gasteiger partial charge in [0.05, 0.1) is 35.2 Å². The van der Waals surface area contributed by atoms with E-state index in [4.69, 9.17) is 21.1 Å². The Bertz CT molecular complexity index is 1960. The number of halogens is 1. The average molecular weight is 674 g/mol. The Morgan fingerprint density at radius 2 is 1.58 bits per heavy atom. The summed E-state index contributed by atoms with van der Waals surface area (Å²) in [6.07, 6.45) is 0.694. The molecule has 0 aliphatic carbocycles. The van der Waals surface area contributed by atoms with Crippen LogP contribution in [0.4, 0.5) is 0 Å². The van der Waals surface area contributed by atoms with E-state index >= 15 is 0 Å². The third-order valence-corrected chi connectivity index (χ3v) is 11.9. The molecule has 1 aromatic heterocycles. The number of fused-ring (bicyclic) bond motifs is 1. The minimum Gasteiger partial charge on any atom is -0.494 e. The highest BCUT2D eigenvalue weighted by Crippen LogP contribution is 2.30. The van der Waals surface area contributed by atoms with Gasteiger partial charge in [0.25, 0.3) is 15.9 Å². The van der Waals surface area contributed by atoms with E-state index in [9.17, 15) is 21.6 Å². The van der Waals surface area contributed by atoms with Crippen LogP contribution in [-0.2, 0) is 31.3 Å². The van der Waals surface area contributed by atoms with Gasteiger partial charge < -0.3 is 14.0 Å². The molecule has 4 aromatic rings. The van der Waals surface area contributed by atoms with Gasteiger partial charge in [-0.05, 0) is 93.3 Å². The first kappa shape index (κ1) is 33.0. The van der Waals surface area contributed by atoms with Gasteiger partial charge in [-0.15, -0.1) is 0 Å². The maximum Gasteiger partial charge on any atom is 0.265 e. The van der Waals surface area contributed by atoms with Crippen LogP contribution < -0.4 is 9.46 Å². The lowest BCUT2D eigenvalue weighted by Gasteiger charge is -2.26. The molecule has 13 heteroatoms. The van der Waals surface area contributed by atoms with E-state index in [1.807, 2.05) is 45.9 Å². The Morgan fingerprint density at radius 3 is 2.27 bits per heavy atom. The van der Waals surface area contributed by atoms with Crippen molar-refractivity contribution in [3.05, 3.63) is 87.6 Å². The van der Waals surface area contributed by atoms with E-state index in [0.29, 0.717) is 25.0 Å². The monoisotopic (exact) mass is 673 g/mol. The second-order valence-corrected chi connectivity index (χ2v) is 15.1. The summed E-state index contributed by atoms with van der Waals surface area (Å²) in [4.78, 5) is 13.0. The van der Waals surface area contributed by atoms with Crippen molar-refractivity contribution in [2.75, 3.05) is 32.9 Å². The number of hydrogen-bond donors (Lipinski definition) is 1. The van der Waals surface area contributed by atoms with Crippen LogP contribution in [0.2, 0.25) is 5.02 Å². The SMILES string of the molecule is Cc1cc(OCCCn2c(C)c(C)c3c(C(=O)NS(=O)(=O)c4cccc(S(=O)(=O)N5CCOCC5)c4)cccc32)cc(C)c1Cl. The molecule has 1 aliphatic rings. The molecule has 240 valence electrons. The zero-order chi connectivity index (χ0) is 32.5. The first-order chi connectivity index (χ1) is 21.3. The Balaban J connectivity index is 1.34. The first-order valence-electron chi connectivity index (χ1n) is 14.5. The van der Waals surface area contributed by atoms with Crippen LogP contribution >= 0.6 is 11.6 Å². The number of carbonyl (C=O) groups is 1. The van der Waals surface area contributed by atoms with Crippen LogP contribution in [0.3, 0.4) is 0 Å². The van der Waals surface area contributed by atoms with Crippen molar-refractivity contribution in [1.82, 2.24) is 13.6 Å². The summed E-state index contributed by atoms with van der Waals surface area (Å²) < 4.78 is 69.6. The normalized spacial score (nSPS) is 14.5. The summed E-state index contributed by atoms with van der Waals surface area (Å²) >= 11 is 6.27. The van der Waals surface area contributed by atoms with Gasteiger partial charge in [0, 0.05) is 41.3 Å². The highest BCUT2D eigenvalue weighted by Gasteiger charge is 2.29. The quantitative estimate of drug-likeness (QED) is 0.231. The van der Waals surface area contributed by atoms with Gasteiger partial charge in [-0.2, -0.15) is 4.31 Å². The summed E-state index contributed by atoms with van der Waals surface area (Å²) in [7, 11) is -8.33. The molecule has 5 rings (SSSR count). The number of ether oxygens (including phenoxy) is 2. The number of sulfonamides is 2. The van der Waals surface area contributed by atoms with Crippen molar-refractivity contribution in [3.8, 4) is 5.75 Å². The van der Waals surface area contributed by atoms with Gasteiger partial charge in [-0.25, -0.2) is 21.6 Å². The molecule has 1 saturated heterocycles. The molecule has 1 fully saturated rings. The average Bonchev–Trinajstić information content (AvgIpc) is 3.27. The van der Waals surface area contributed by atoms with E-state index in [-0.39, 0.29) is 41.7 Å². The van der Waals surface area contributed by atoms with E-state index < -0.39 is 26.0 Å². The van der Waals surface area contributed by atoms with Gasteiger partial charge >= 0.3 is 0 Å². The molecule has 1 aliphatic heterocycles. The molecule has 45 heavy (non-hydrogen) atoms. The summed E-state index contributed by atoms with van der Waals surface area (Å²) in [6, 6.07) is 14.0. The number of amides is 1. The number of benzene rings is 3. The maximum absolute atomic E-state index is 13.5. The summed E-state index contributed by atoms with van der Waals surface area (Å²) in [5.41, 5.74) is 4.72. The topological polar surface area (TPSA) is 124 Å².